The number of carbonyl (C=O) groups is 3. The molecule has 10 heteroatoms. The standard InChI is InChI=1S/C24H31ClO9/c1-9-7-8-14(28)23(6)15(10(2)17(31-12(4)26)18-21(23)33-18)19(32-13(5)27)24(30)11(3)22(29)34-20(24)16(9)25/h7-8,10-11,14-21,28,30H,1H2,2-6H3/b8-7-/t10-,11+,14-,15-,16+,17-,18+,19-,20+,21+,23-,24-/m1/s1. The highest BCUT2D eigenvalue weighted by Crippen LogP contribution is 2.61. The first-order chi connectivity index (χ1) is 15.8. The van der Waals surface area contributed by atoms with E-state index in [1.54, 1.807) is 13.8 Å². The Morgan fingerprint density at radius 2 is 1.79 bits per heavy atom. The van der Waals surface area contributed by atoms with E-state index in [9.17, 15) is 24.6 Å². The highest BCUT2D eigenvalue weighted by Gasteiger charge is 2.74. The van der Waals surface area contributed by atoms with Crippen LogP contribution in [0.2, 0.25) is 0 Å². The Hall–Kier alpha value is -1.94. The molecule has 2 saturated heterocycles. The molecule has 1 saturated carbocycles. The lowest BCUT2D eigenvalue weighted by atomic mass is 9.54. The van der Waals surface area contributed by atoms with Crippen molar-refractivity contribution in [2.24, 2.45) is 23.2 Å². The van der Waals surface area contributed by atoms with E-state index < -0.39 is 88.7 Å². The van der Waals surface area contributed by atoms with Gasteiger partial charge in [0.2, 0.25) is 0 Å². The summed E-state index contributed by atoms with van der Waals surface area (Å²) in [4.78, 5) is 36.9. The minimum Gasteiger partial charge on any atom is -0.459 e. The summed E-state index contributed by atoms with van der Waals surface area (Å²) in [6.07, 6.45) is -2.45. The van der Waals surface area contributed by atoms with Gasteiger partial charge in [-0.05, 0) is 12.5 Å². The van der Waals surface area contributed by atoms with E-state index in [0.29, 0.717) is 5.57 Å². The van der Waals surface area contributed by atoms with Crippen LogP contribution in [0.5, 0.6) is 0 Å². The Morgan fingerprint density at radius 3 is 2.38 bits per heavy atom. The van der Waals surface area contributed by atoms with E-state index in [2.05, 4.69) is 6.58 Å². The number of rotatable bonds is 2. The molecule has 12 atom stereocenters. The average molecular weight is 499 g/mol. The van der Waals surface area contributed by atoms with Gasteiger partial charge in [-0.3, -0.25) is 14.4 Å². The number of allylic oxidation sites excluding steroid dienone is 1. The predicted octanol–water partition coefficient (Wildman–Crippen LogP) is 1.28. The number of esters is 3. The Labute approximate surface area is 203 Å². The Morgan fingerprint density at radius 1 is 1.18 bits per heavy atom. The van der Waals surface area contributed by atoms with Crippen LogP contribution in [0.15, 0.2) is 24.3 Å². The van der Waals surface area contributed by atoms with E-state index in [-0.39, 0.29) is 0 Å². The SMILES string of the molecule is C=C1/C=C\[C@@H](O)[C@]2(C)[C@H]([C@@H](C)[C@@H](OC(C)=O)[C@@H]3O[C@@H]32)[C@@H](OC(C)=O)[C@]2(O)[C@@H](C)C(=O)O[C@H]2[C@H]1Cl. The average Bonchev–Trinajstić information content (AvgIpc) is 3.52. The van der Waals surface area contributed by atoms with Gasteiger partial charge in [-0.1, -0.05) is 32.6 Å². The number of fused-ring (bicyclic) bond motifs is 4. The quantitative estimate of drug-likeness (QED) is 0.250. The van der Waals surface area contributed by atoms with Crippen LogP contribution in [0.25, 0.3) is 0 Å². The number of ether oxygens (including phenoxy) is 4. The van der Waals surface area contributed by atoms with Crippen molar-refractivity contribution in [3.8, 4) is 0 Å². The molecule has 34 heavy (non-hydrogen) atoms. The van der Waals surface area contributed by atoms with Crippen LogP contribution in [-0.4, -0.2) is 75.7 Å². The van der Waals surface area contributed by atoms with Gasteiger partial charge in [-0.25, -0.2) is 0 Å². The number of hydrogen-bond acceptors (Lipinski definition) is 9. The number of halogens is 1. The van der Waals surface area contributed by atoms with Crippen LogP contribution in [0.4, 0.5) is 0 Å². The summed E-state index contributed by atoms with van der Waals surface area (Å²) in [6.45, 7) is 11.4. The molecule has 0 radical (unpaired) electrons. The van der Waals surface area contributed by atoms with Gasteiger partial charge >= 0.3 is 17.9 Å². The topological polar surface area (TPSA) is 132 Å². The van der Waals surface area contributed by atoms with Crippen molar-refractivity contribution in [3.63, 3.8) is 0 Å². The van der Waals surface area contributed by atoms with Gasteiger partial charge < -0.3 is 29.2 Å². The predicted molar refractivity (Wildman–Crippen MR) is 118 cm³/mol. The van der Waals surface area contributed by atoms with Crippen molar-refractivity contribution in [2.45, 2.75) is 82.2 Å². The molecule has 4 aliphatic rings. The molecule has 3 fully saturated rings. The van der Waals surface area contributed by atoms with Gasteiger partial charge in [-0.15, -0.1) is 11.6 Å². The molecule has 2 N–H and O–H groups in total. The summed E-state index contributed by atoms with van der Waals surface area (Å²) in [5.74, 6) is -4.39. The van der Waals surface area contributed by atoms with Crippen LogP contribution < -0.4 is 0 Å². The second-order valence-corrected chi connectivity index (χ2v) is 10.6. The molecule has 0 aromatic rings. The smallest absolute Gasteiger partial charge is 0.312 e. The molecule has 0 unspecified atom stereocenters. The second kappa shape index (κ2) is 8.33. The fourth-order valence-corrected chi connectivity index (χ4v) is 6.60. The number of aliphatic hydroxyl groups excluding tert-OH is 1. The van der Waals surface area contributed by atoms with E-state index in [1.807, 2.05) is 0 Å². The van der Waals surface area contributed by atoms with Crippen molar-refractivity contribution in [3.05, 3.63) is 24.3 Å². The Balaban J connectivity index is 1.96. The first kappa shape index (κ1) is 25.2. The largest absolute Gasteiger partial charge is 0.459 e. The highest BCUT2D eigenvalue weighted by molar-refractivity contribution is 6.23. The van der Waals surface area contributed by atoms with Crippen LogP contribution in [-0.2, 0) is 33.3 Å². The van der Waals surface area contributed by atoms with Gasteiger partial charge in [0.25, 0.3) is 0 Å². The molecular formula is C24H31ClO9. The number of aliphatic hydroxyl groups is 2. The third-order valence-corrected chi connectivity index (χ3v) is 8.65. The number of hydrogen-bond donors (Lipinski definition) is 2. The molecule has 0 amide bonds. The summed E-state index contributed by atoms with van der Waals surface area (Å²) >= 11 is 6.62. The van der Waals surface area contributed by atoms with E-state index in [0.717, 1.165) is 0 Å². The monoisotopic (exact) mass is 498 g/mol. The molecule has 0 bridgehead atoms. The molecule has 9 nitrogen and oxygen atoms in total. The number of epoxide rings is 1. The van der Waals surface area contributed by atoms with Gasteiger partial charge in [0.15, 0.2) is 11.7 Å². The summed E-state index contributed by atoms with van der Waals surface area (Å²) in [6, 6.07) is 0. The maximum absolute atomic E-state index is 12.7. The molecular weight excluding hydrogens is 468 g/mol. The van der Waals surface area contributed by atoms with Crippen molar-refractivity contribution in [2.75, 3.05) is 0 Å². The second-order valence-electron chi connectivity index (χ2n) is 10.1. The lowest BCUT2D eigenvalue weighted by Crippen LogP contribution is -2.68. The first-order valence-corrected chi connectivity index (χ1v) is 11.8. The molecule has 0 aromatic carbocycles. The van der Waals surface area contributed by atoms with Crippen molar-refractivity contribution in [1.82, 2.24) is 0 Å². The third-order valence-electron chi connectivity index (χ3n) is 8.14. The van der Waals surface area contributed by atoms with E-state index >= 15 is 0 Å². The fraction of sp³-hybridized carbons (Fsp3) is 0.708. The van der Waals surface area contributed by atoms with Crippen LogP contribution in [0.1, 0.15) is 34.6 Å². The zero-order chi connectivity index (χ0) is 25.3. The Kier molecular flexibility index (Phi) is 6.16. The minimum atomic E-state index is -2.06. The molecule has 0 aromatic heterocycles. The summed E-state index contributed by atoms with van der Waals surface area (Å²) in [5, 5.41) is 22.5. The maximum atomic E-state index is 12.7. The first-order valence-electron chi connectivity index (χ1n) is 11.4. The lowest BCUT2D eigenvalue weighted by molar-refractivity contribution is -0.219. The minimum absolute atomic E-state index is 0.310. The summed E-state index contributed by atoms with van der Waals surface area (Å²) in [7, 11) is 0. The fourth-order valence-electron chi connectivity index (χ4n) is 6.27. The van der Waals surface area contributed by atoms with E-state index in [1.165, 1.54) is 32.9 Å². The zero-order valence-corrected chi connectivity index (χ0v) is 20.5. The van der Waals surface area contributed by atoms with Crippen LogP contribution >= 0.6 is 11.6 Å². The number of carbonyl (C=O) groups excluding carboxylic acids is 3. The lowest BCUT2D eigenvalue weighted by Gasteiger charge is -2.54. The third kappa shape index (κ3) is 3.51. The normalized spacial score (nSPS) is 50.7. The summed E-state index contributed by atoms with van der Waals surface area (Å²) < 4.78 is 22.8. The van der Waals surface area contributed by atoms with Gasteiger partial charge in [0.05, 0.1) is 23.5 Å². The van der Waals surface area contributed by atoms with Gasteiger partial charge in [-0.2, -0.15) is 0 Å². The van der Waals surface area contributed by atoms with Crippen molar-refractivity contribution in [1.29, 1.82) is 0 Å². The van der Waals surface area contributed by atoms with Gasteiger partial charge in [0.1, 0.15) is 18.3 Å². The molecule has 0 spiro atoms. The number of alkyl halides is 1. The van der Waals surface area contributed by atoms with Crippen molar-refractivity contribution < 1.29 is 43.5 Å². The van der Waals surface area contributed by atoms with Crippen LogP contribution in [0.3, 0.4) is 0 Å². The zero-order valence-electron chi connectivity index (χ0n) is 19.8. The molecule has 2 aliphatic heterocycles. The molecule has 2 aliphatic carbocycles. The van der Waals surface area contributed by atoms with E-state index in [4.69, 9.17) is 30.5 Å². The molecule has 2 heterocycles. The van der Waals surface area contributed by atoms with Crippen molar-refractivity contribution >= 4 is 29.5 Å². The molecule has 4 rings (SSSR count). The highest BCUT2D eigenvalue weighted by atomic mass is 35.5. The summed E-state index contributed by atoms with van der Waals surface area (Å²) in [5.41, 5.74) is -2.85. The maximum Gasteiger partial charge on any atom is 0.312 e. The van der Waals surface area contributed by atoms with Gasteiger partial charge in [0, 0.05) is 31.1 Å². The Bertz CT molecular complexity index is 949. The molecule has 188 valence electrons. The van der Waals surface area contributed by atoms with Crippen LogP contribution in [0, 0.1) is 23.2 Å².